The van der Waals surface area contributed by atoms with Crippen molar-refractivity contribution in [2.45, 2.75) is 18.6 Å². The molecule has 1 fully saturated rings. The van der Waals surface area contributed by atoms with Crippen molar-refractivity contribution in [1.29, 1.82) is 0 Å². The Kier molecular flexibility index (Phi) is 4.21. The SMILES string of the molecule is COC(=O)c1ccc(N2CC[C@H](N)[C@H](OC)C2)s1. The first-order chi connectivity index (χ1) is 8.65. The largest absolute Gasteiger partial charge is 0.465 e. The van der Waals surface area contributed by atoms with Gasteiger partial charge in [-0.05, 0) is 18.6 Å². The van der Waals surface area contributed by atoms with E-state index >= 15 is 0 Å². The fourth-order valence-corrected chi connectivity index (χ4v) is 3.05. The number of esters is 1. The zero-order chi connectivity index (χ0) is 13.1. The number of rotatable bonds is 3. The molecule has 0 saturated carbocycles. The molecule has 18 heavy (non-hydrogen) atoms. The van der Waals surface area contributed by atoms with Crippen LogP contribution in [0.4, 0.5) is 5.00 Å². The predicted molar refractivity (Wildman–Crippen MR) is 71.3 cm³/mol. The molecule has 2 heterocycles. The zero-order valence-corrected chi connectivity index (χ0v) is 11.4. The number of ether oxygens (including phenoxy) is 2. The van der Waals surface area contributed by atoms with Crippen LogP contribution in [0.3, 0.4) is 0 Å². The number of carbonyl (C=O) groups excluding carboxylic acids is 1. The first-order valence-corrected chi connectivity index (χ1v) is 6.69. The lowest BCUT2D eigenvalue weighted by molar-refractivity contribution is 0.0606. The lowest BCUT2D eigenvalue weighted by atomic mass is 10.0. The van der Waals surface area contributed by atoms with Gasteiger partial charge in [0, 0.05) is 26.2 Å². The van der Waals surface area contributed by atoms with Crippen LogP contribution in [0.1, 0.15) is 16.1 Å². The highest BCUT2D eigenvalue weighted by molar-refractivity contribution is 7.17. The summed E-state index contributed by atoms with van der Waals surface area (Å²) in [6.45, 7) is 1.65. The van der Waals surface area contributed by atoms with Crippen LogP contribution >= 0.6 is 11.3 Å². The monoisotopic (exact) mass is 270 g/mol. The van der Waals surface area contributed by atoms with E-state index in [-0.39, 0.29) is 18.1 Å². The Balaban J connectivity index is 2.07. The summed E-state index contributed by atoms with van der Waals surface area (Å²) in [5.74, 6) is -0.289. The maximum Gasteiger partial charge on any atom is 0.348 e. The fraction of sp³-hybridized carbons (Fsp3) is 0.583. The molecule has 0 aliphatic carbocycles. The number of nitrogens with zero attached hydrogens (tertiary/aromatic N) is 1. The van der Waals surface area contributed by atoms with Crippen LogP contribution in [-0.4, -0.2) is 45.4 Å². The van der Waals surface area contributed by atoms with Gasteiger partial charge in [0.05, 0.1) is 18.2 Å². The molecule has 0 spiro atoms. The van der Waals surface area contributed by atoms with E-state index in [9.17, 15) is 4.79 Å². The Morgan fingerprint density at radius 2 is 2.28 bits per heavy atom. The minimum atomic E-state index is -0.289. The maximum atomic E-state index is 11.4. The molecule has 0 unspecified atom stereocenters. The molecular weight excluding hydrogens is 252 g/mol. The first kappa shape index (κ1) is 13.3. The molecule has 0 aromatic carbocycles. The molecule has 0 amide bonds. The number of thiophene rings is 1. The van der Waals surface area contributed by atoms with Crippen molar-refractivity contribution < 1.29 is 14.3 Å². The topological polar surface area (TPSA) is 64.8 Å². The van der Waals surface area contributed by atoms with E-state index in [1.807, 2.05) is 6.07 Å². The molecule has 0 bridgehead atoms. The smallest absolute Gasteiger partial charge is 0.348 e. The highest BCUT2D eigenvalue weighted by atomic mass is 32.1. The molecule has 2 rings (SSSR count). The number of hydrogen-bond donors (Lipinski definition) is 1. The lowest BCUT2D eigenvalue weighted by Gasteiger charge is -2.36. The zero-order valence-electron chi connectivity index (χ0n) is 10.6. The summed E-state index contributed by atoms with van der Waals surface area (Å²) in [6, 6.07) is 3.83. The summed E-state index contributed by atoms with van der Waals surface area (Å²) in [5, 5.41) is 1.06. The number of carbonyl (C=O) groups is 1. The summed E-state index contributed by atoms with van der Waals surface area (Å²) >= 11 is 1.44. The molecule has 1 saturated heterocycles. The molecule has 6 heteroatoms. The van der Waals surface area contributed by atoms with Crippen molar-refractivity contribution in [1.82, 2.24) is 0 Å². The minimum absolute atomic E-state index is 0.0439. The highest BCUT2D eigenvalue weighted by Gasteiger charge is 2.27. The third-order valence-corrected chi connectivity index (χ3v) is 4.33. The number of piperidine rings is 1. The lowest BCUT2D eigenvalue weighted by Crippen LogP contribution is -2.51. The Hall–Kier alpha value is -1.11. The van der Waals surface area contributed by atoms with Crippen LogP contribution in [-0.2, 0) is 9.47 Å². The number of nitrogens with two attached hydrogens (primary N) is 1. The van der Waals surface area contributed by atoms with E-state index in [0.29, 0.717) is 4.88 Å². The average Bonchev–Trinajstić information content (AvgIpc) is 2.88. The third-order valence-electron chi connectivity index (χ3n) is 3.20. The van der Waals surface area contributed by atoms with Gasteiger partial charge in [0.2, 0.25) is 0 Å². The van der Waals surface area contributed by atoms with Crippen molar-refractivity contribution in [2.75, 3.05) is 32.2 Å². The van der Waals surface area contributed by atoms with Crippen molar-refractivity contribution in [3.05, 3.63) is 17.0 Å². The standard InChI is InChI=1S/C12H18N2O3S/c1-16-9-7-14(6-5-8(9)13)11-4-3-10(18-11)12(15)17-2/h3-4,8-9H,5-7,13H2,1-2H3/t8-,9+/m0/s1. The molecule has 2 atom stereocenters. The molecule has 2 N–H and O–H groups in total. The molecule has 1 aliphatic heterocycles. The molecule has 100 valence electrons. The second kappa shape index (κ2) is 5.69. The summed E-state index contributed by atoms with van der Waals surface area (Å²) in [4.78, 5) is 14.2. The molecule has 1 aromatic rings. The van der Waals surface area contributed by atoms with Crippen LogP contribution in [0.2, 0.25) is 0 Å². The first-order valence-electron chi connectivity index (χ1n) is 5.87. The van der Waals surface area contributed by atoms with Crippen LogP contribution < -0.4 is 10.6 Å². The Morgan fingerprint density at radius 1 is 1.50 bits per heavy atom. The van der Waals surface area contributed by atoms with Gasteiger partial charge in [-0.1, -0.05) is 0 Å². The summed E-state index contributed by atoms with van der Waals surface area (Å²) in [7, 11) is 3.07. The van der Waals surface area contributed by atoms with Crippen molar-refractivity contribution >= 4 is 22.3 Å². The van der Waals surface area contributed by atoms with E-state index < -0.39 is 0 Å². The number of hydrogen-bond acceptors (Lipinski definition) is 6. The number of methoxy groups -OCH3 is 2. The third kappa shape index (κ3) is 2.66. The van der Waals surface area contributed by atoms with Gasteiger partial charge < -0.3 is 20.1 Å². The van der Waals surface area contributed by atoms with Crippen LogP contribution in [0, 0.1) is 0 Å². The summed E-state index contributed by atoms with van der Waals surface area (Å²) in [5.41, 5.74) is 5.98. The van der Waals surface area contributed by atoms with Gasteiger partial charge in [-0.15, -0.1) is 11.3 Å². The van der Waals surface area contributed by atoms with Crippen LogP contribution in [0.25, 0.3) is 0 Å². The maximum absolute atomic E-state index is 11.4. The Bertz CT molecular complexity index is 421. The highest BCUT2D eigenvalue weighted by Crippen LogP contribution is 2.29. The predicted octanol–water partition coefficient (Wildman–Crippen LogP) is 1.09. The van der Waals surface area contributed by atoms with E-state index in [2.05, 4.69) is 4.90 Å². The van der Waals surface area contributed by atoms with E-state index in [1.54, 1.807) is 13.2 Å². The Labute approximate surface area is 110 Å². The van der Waals surface area contributed by atoms with Gasteiger partial charge in [-0.3, -0.25) is 0 Å². The van der Waals surface area contributed by atoms with Gasteiger partial charge in [0.15, 0.2) is 0 Å². The quantitative estimate of drug-likeness (QED) is 0.833. The normalized spacial score (nSPS) is 24.1. The Morgan fingerprint density at radius 3 is 2.94 bits per heavy atom. The van der Waals surface area contributed by atoms with Gasteiger partial charge in [0.25, 0.3) is 0 Å². The van der Waals surface area contributed by atoms with Crippen molar-refractivity contribution in [2.24, 2.45) is 5.73 Å². The fourth-order valence-electron chi connectivity index (χ4n) is 2.09. The van der Waals surface area contributed by atoms with Crippen molar-refractivity contribution in [3.63, 3.8) is 0 Å². The minimum Gasteiger partial charge on any atom is -0.465 e. The summed E-state index contributed by atoms with van der Waals surface area (Å²) in [6.07, 6.45) is 0.937. The second-order valence-electron chi connectivity index (χ2n) is 4.30. The van der Waals surface area contributed by atoms with E-state index in [1.165, 1.54) is 18.4 Å². The molecule has 5 nitrogen and oxygen atoms in total. The van der Waals surface area contributed by atoms with Crippen molar-refractivity contribution in [3.8, 4) is 0 Å². The second-order valence-corrected chi connectivity index (χ2v) is 5.36. The van der Waals surface area contributed by atoms with Gasteiger partial charge in [-0.25, -0.2) is 4.79 Å². The van der Waals surface area contributed by atoms with Gasteiger partial charge in [-0.2, -0.15) is 0 Å². The average molecular weight is 270 g/mol. The number of anilines is 1. The molecule has 1 aromatic heterocycles. The van der Waals surface area contributed by atoms with E-state index in [4.69, 9.17) is 15.2 Å². The molecule has 1 aliphatic rings. The van der Waals surface area contributed by atoms with Gasteiger partial charge >= 0.3 is 5.97 Å². The molecular formula is C12H18N2O3S. The van der Waals surface area contributed by atoms with Gasteiger partial charge in [0.1, 0.15) is 4.88 Å². The summed E-state index contributed by atoms with van der Waals surface area (Å²) < 4.78 is 10.1. The van der Waals surface area contributed by atoms with Crippen LogP contribution in [0.5, 0.6) is 0 Å². The molecule has 0 radical (unpaired) electrons. The van der Waals surface area contributed by atoms with E-state index in [0.717, 1.165) is 24.5 Å². The van der Waals surface area contributed by atoms with Crippen LogP contribution in [0.15, 0.2) is 12.1 Å².